The number of alkyl halides is 3. The summed E-state index contributed by atoms with van der Waals surface area (Å²) in [5.74, 6) is -1.49. The fourth-order valence-corrected chi connectivity index (χ4v) is 6.40. The van der Waals surface area contributed by atoms with Crippen molar-refractivity contribution in [3.63, 3.8) is 0 Å². The highest BCUT2D eigenvalue weighted by atomic mass is 79.9. The minimum Gasteiger partial charge on any atom is -0.496 e. The molecule has 0 saturated carbocycles. The topological polar surface area (TPSA) is 129 Å². The van der Waals surface area contributed by atoms with Gasteiger partial charge in [0.25, 0.3) is 11.8 Å². The van der Waals surface area contributed by atoms with E-state index in [2.05, 4.69) is 21.2 Å². The molecular weight excluding hydrogens is 773 g/mol. The van der Waals surface area contributed by atoms with Crippen molar-refractivity contribution in [2.24, 2.45) is 0 Å². The van der Waals surface area contributed by atoms with Crippen LogP contribution < -0.4 is 19.9 Å². The molecule has 0 spiro atoms. The van der Waals surface area contributed by atoms with Crippen molar-refractivity contribution in [2.45, 2.75) is 64.2 Å². The quantitative estimate of drug-likeness (QED) is 0.194. The Balaban J connectivity index is 1.59. The second-order valence-corrected chi connectivity index (χ2v) is 14.8. The Bertz CT molecular complexity index is 2070. The number of likely N-dealkylation sites (N-methyl/N-ethyl adjacent to an activating group) is 1. The molecule has 54 heavy (non-hydrogen) atoms. The highest BCUT2D eigenvalue weighted by Crippen LogP contribution is 2.38. The Morgan fingerprint density at radius 1 is 1.00 bits per heavy atom. The van der Waals surface area contributed by atoms with Gasteiger partial charge in [0.05, 0.1) is 31.6 Å². The van der Waals surface area contributed by atoms with Gasteiger partial charge in [0.1, 0.15) is 23.4 Å². The van der Waals surface area contributed by atoms with Crippen molar-refractivity contribution in [3.05, 3.63) is 100 Å². The molecule has 0 aromatic heterocycles. The lowest BCUT2D eigenvalue weighted by Crippen LogP contribution is -2.57. The number of rotatable bonds is 8. The summed E-state index contributed by atoms with van der Waals surface area (Å²) in [5, 5.41) is 14.1. The number of hydrogen-bond acceptors (Lipinski definition) is 7. The first kappa shape index (κ1) is 40.0. The number of ether oxygens (including phenoxy) is 2. The van der Waals surface area contributed by atoms with E-state index < -0.39 is 59.3 Å². The van der Waals surface area contributed by atoms with Crippen LogP contribution in [0.5, 0.6) is 5.75 Å². The van der Waals surface area contributed by atoms with Crippen molar-refractivity contribution >= 4 is 61.9 Å². The minimum absolute atomic E-state index is 0.0340. The minimum atomic E-state index is -4.91. The molecule has 4 aromatic carbocycles. The standard InChI is InChI=1S/C39H40BrF3N4O7/c1-22(45(5)37(52)54-38(2,3)4)34(49)44-29-21-47(35(50)24-13-11-23(12-14-24)33(48)39(41,42)43)31-10-8-7-9-30(31)46(36(29)51)20-28-27-17-16-26(40)19-25(27)15-18-32(28)53-6/h7-19,22,29,33,48H,20-21H2,1-6H3,(H,44,49)/t22-,29?,33?/m0/s1. The van der Waals surface area contributed by atoms with Gasteiger partial charge < -0.3 is 29.7 Å². The first-order chi connectivity index (χ1) is 25.3. The molecule has 0 bridgehead atoms. The first-order valence-electron chi connectivity index (χ1n) is 16.9. The van der Waals surface area contributed by atoms with Crippen LogP contribution in [0.15, 0.2) is 83.3 Å². The van der Waals surface area contributed by atoms with Crippen LogP contribution in [0.1, 0.15) is 55.3 Å². The fraction of sp³-hybridized carbons (Fsp3) is 0.333. The highest BCUT2D eigenvalue weighted by Gasteiger charge is 2.41. The summed E-state index contributed by atoms with van der Waals surface area (Å²) >= 11 is 3.50. The predicted octanol–water partition coefficient (Wildman–Crippen LogP) is 7.14. The molecule has 1 aliphatic heterocycles. The maximum atomic E-state index is 14.8. The van der Waals surface area contributed by atoms with Crippen molar-refractivity contribution in [3.8, 4) is 5.75 Å². The largest absolute Gasteiger partial charge is 0.496 e. The van der Waals surface area contributed by atoms with Crippen LogP contribution in [0, 0.1) is 0 Å². The molecule has 0 fully saturated rings. The van der Waals surface area contributed by atoms with Crippen molar-refractivity contribution in [1.82, 2.24) is 10.2 Å². The third-order valence-electron chi connectivity index (χ3n) is 8.97. The van der Waals surface area contributed by atoms with Crippen LogP contribution in [0.25, 0.3) is 10.8 Å². The van der Waals surface area contributed by atoms with Gasteiger partial charge >= 0.3 is 12.3 Å². The number of nitrogens with one attached hydrogen (secondary N) is 1. The third kappa shape index (κ3) is 8.63. The average Bonchev–Trinajstić information content (AvgIpc) is 3.23. The smallest absolute Gasteiger partial charge is 0.418 e. The van der Waals surface area contributed by atoms with E-state index in [0.717, 1.165) is 44.4 Å². The van der Waals surface area contributed by atoms with Crippen molar-refractivity contribution < 1.29 is 46.9 Å². The number of methoxy groups -OCH3 is 1. The lowest BCUT2D eigenvalue weighted by molar-refractivity contribution is -0.206. The molecule has 0 aliphatic carbocycles. The molecule has 0 saturated heterocycles. The van der Waals surface area contributed by atoms with Gasteiger partial charge in [-0.25, -0.2) is 4.79 Å². The number of halogens is 4. The molecule has 3 atom stereocenters. The summed E-state index contributed by atoms with van der Waals surface area (Å²) in [7, 11) is 2.89. The van der Waals surface area contributed by atoms with Gasteiger partial charge in [0.2, 0.25) is 5.91 Å². The number of carbonyl (C=O) groups is 4. The number of carbonyl (C=O) groups excluding carboxylic acids is 4. The Morgan fingerprint density at radius 3 is 2.26 bits per heavy atom. The predicted molar refractivity (Wildman–Crippen MR) is 200 cm³/mol. The maximum Gasteiger partial charge on any atom is 0.418 e. The summed E-state index contributed by atoms with van der Waals surface area (Å²) in [4.78, 5) is 59.4. The second kappa shape index (κ2) is 15.7. The van der Waals surface area contributed by atoms with Crippen molar-refractivity contribution in [2.75, 3.05) is 30.5 Å². The van der Waals surface area contributed by atoms with Gasteiger partial charge in [-0.3, -0.25) is 19.3 Å². The molecule has 2 unspecified atom stereocenters. The van der Waals surface area contributed by atoms with E-state index in [4.69, 9.17) is 9.47 Å². The van der Waals surface area contributed by atoms with Gasteiger partial charge in [-0.15, -0.1) is 0 Å². The highest BCUT2D eigenvalue weighted by molar-refractivity contribution is 9.10. The lowest BCUT2D eigenvalue weighted by Gasteiger charge is -2.30. The SMILES string of the molecule is COc1ccc2cc(Br)ccc2c1CN1C(=O)C(NC(=O)[C@H](C)N(C)C(=O)OC(C)(C)C)CN(C(=O)c2ccc(C(O)C(F)(F)F)cc2)c2ccccc21. The molecule has 1 aliphatic rings. The third-order valence-corrected chi connectivity index (χ3v) is 9.46. The number of aliphatic hydroxyl groups is 1. The van der Waals surface area contributed by atoms with Gasteiger partial charge in [-0.1, -0.05) is 52.3 Å². The Kier molecular flexibility index (Phi) is 11.6. The Morgan fingerprint density at radius 2 is 1.65 bits per heavy atom. The summed E-state index contributed by atoms with van der Waals surface area (Å²) in [6.07, 6.45) is -8.43. The number of fused-ring (bicyclic) bond motifs is 2. The number of nitrogens with zero attached hydrogens (tertiary/aromatic N) is 3. The van der Waals surface area contributed by atoms with E-state index in [1.54, 1.807) is 51.1 Å². The number of hydrogen-bond donors (Lipinski definition) is 2. The molecule has 11 nitrogen and oxygen atoms in total. The zero-order valence-electron chi connectivity index (χ0n) is 30.4. The molecule has 5 rings (SSSR count). The van der Waals surface area contributed by atoms with E-state index in [1.807, 2.05) is 24.3 Å². The average molecular weight is 814 g/mol. The normalized spacial score (nSPS) is 15.9. The monoisotopic (exact) mass is 812 g/mol. The molecule has 0 radical (unpaired) electrons. The van der Waals surface area contributed by atoms with Crippen molar-refractivity contribution in [1.29, 1.82) is 0 Å². The summed E-state index contributed by atoms with van der Waals surface area (Å²) < 4.78 is 51.6. The summed E-state index contributed by atoms with van der Waals surface area (Å²) in [6, 6.07) is 17.8. The molecule has 4 aromatic rings. The van der Waals surface area contributed by atoms with Crippen LogP contribution in [0.3, 0.4) is 0 Å². The van der Waals surface area contributed by atoms with Crippen LogP contribution >= 0.6 is 15.9 Å². The van der Waals surface area contributed by atoms with E-state index >= 15 is 0 Å². The fourth-order valence-electron chi connectivity index (χ4n) is 6.02. The zero-order valence-corrected chi connectivity index (χ0v) is 32.0. The van der Waals surface area contributed by atoms with E-state index in [0.29, 0.717) is 17.0 Å². The number of amides is 4. The van der Waals surface area contributed by atoms with Crippen LogP contribution in [-0.4, -0.2) is 78.4 Å². The van der Waals surface area contributed by atoms with Crippen LogP contribution in [0.4, 0.5) is 29.3 Å². The van der Waals surface area contributed by atoms with E-state index in [1.165, 1.54) is 30.9 Å². The van der Waals surface area contributed by atoms with E-state index in [-0.39, 0.29) is 24.3 Å². The van der Waals surface area contributed by atoms with Gasteiger partial charge in [0.15, 0.2) is 6.10 Å². The van der Waals surface area contributed by atoms with E-state index in [9.17, 15) is 37.5 Å². The zero-order chi connectivity index (χ0) is 39.7. The van der Waals surface area contributed by atoms with Gasteiger partial charge in [-0.05, 0) is 86.5 Å². The maximum absolute atomic E-state index is 14.8. The number of anilines is 2. The number of benzene rings is 4. The summed E-state index contributed by atoms with van der Waals surface area (Å²) in [5.41, 5.74) is -0.0884. The Hall–Kier alpha value is -5.15. The van der Waals surface area contributed by atoms with Crippen LogP contribution in [0.2, 0.25) is 0 Å². The number of aliphatic hydroxyl groups excluding tert-OH is 1. The first-order valence-corrected chi connectivity index (χ1v) is 17.7. The summed E-state index contributed by atoms with van der Waals surface area (Å²) in [6.45, 7) is 6.08. The molecule has 2 N–H and O–H groups in total. The lowest BCUT2D eigenvalue weighted by atomic mass is 10.0. The molecule has 286 valence electrons. The van der Waals surface area contributed by atoms with Gasteiger partial charge in [-0.2, -0.15) is 13.2 Å². The number of para-hydroxylation sites is 2. The van der Waals surface area contributed by atoms with Crippen LogP contribution in [-0.2, 0) is 20.9 Å². The molecule has 15 heteroatoms. The van der Waals surface area contributed by atoms with Gasteiger partial charge in [0, 0.05) is 22.6 Å². The second-order valence-electron chi connectivity index (χ2n) is 13.8. The molecule has 1 heterocycles. The molecule has 4 amide bonds. The Labute approximate surface area is 318 Å². The molecular formula is C39H40BrF3N4O7.